The van der Waals surface area contributed by atoms with E-state index in [1.807, 2.05) is 37.3 Å². The summed E-state index contributed by atoms with van der Waals surface area (Å²) in [7, 11) is 0. The normalized spacial score (nSPS) is 22.5. The summed E-state index contributed by atoms with van der Waals surface area (Å²) in [4.78, 5) is 52.3. The number of carboxylic acids is 1. The van der Waals surface area contributed by atoms with Gasteiger partial charge in [0.05, 0.1) is 5.75 Å². The molecule has 3 heterocycles. The van der Waals surface area contributed by atoms with Crippen LogP contribution >= 0.6 is 23.5 Å². The van der Waals surface area contributed by atoms with Crippen molar-refractivity contribution in [3.63, 3.8) is 0 Å². The van der Waals surface area contributed by atoms with E-state index in [4.69, 9.17) is 0 Å². The fourth-order valence-corrected chi connectivity index (χ4v) is 6.35. The van der Waals surface area contributed by atoms with Crippen LogP contribution in [0.5, 0.6) is 0 Å². The maximum atomic E-state index is 13.0. The van der Waals surface area contributed by atoms with E-state index in [0.29, 0.717) is 41.9 Å². The van der Waals surface area contributed by atoms with Gasteiger partial charge in [0.2, 0.25) is 11.8 Å². The van der Waals surface area contributed by atoms with Crippen LogP contribution in [0.15, 0.2) is 69.8 Å². The van der Waals surface area contributed by atoms with Crippen molar-refractivity contribution < 1.29 is 24.3 Å². The maximum absolute atomic E-state index is 13.0. The number of rotatable bonds is 8. The third-order valence-electron chi connectivity index (χ3n) is 5.74. The zero-order valence-electron chi connectivity index (χ0n) is 18.6. The molecule has 35 heavy (non-hydrogen) atoms. The number of nitrogens with one attached hydrogen (secondary N) is 2. The van der Waals surface area contributed by atoms with Crippen molar-refractivity contribution >= 4 is 76.8 Å². The number of thioether (sulfide) groups is 2. The van der Waals surface area contributed by atoms with Crippen molar-refractivity contribution in [1.29, 1.82) is 0 Å². The van der Waals surface area contributed by atoms with Gasteiger partial charge in [-0.3, -0.25) is 19.3 Å². The Morgan fingerprint density at radius 3 is 2.60 bits per heavy atom. The molecule has 0 unspecified atom stereocenters. The molecule has 4 rings (SSSR count). The molecule has 0 radical (unpaired) electrons. The number of β-lactam (4-membered cyclic amide) rings is 1. The molecule has 3 N–H and O–H groups in total. The number of carbonyl (C=O) groups is 4. The molecule has 3 aliphatic heterocycles. The molecule has 8 nitrogen and oxygen atoms in total. The standard InChI is InChI=1S/C24H25N3O5S2.Na.H/c1-13(2)10-16(15-8-9-25-21(15)29)17-11-34-23-19(22(30)27(23)20(17)24(31)32)26-18(28)12-33-14-6-4-3-5-7-14;;/h3-7,19,23H,1,8-12H2,2H3,(H,25,29)(H,26,28)(H,31,32);;/t19-,23-;;/m1../s1. The van der Waals surface area contributed by atoms with Crippen LogP contribution < -0.4 is 10.6 Å². The number of carbonyl (C=O) groups excluding carboxylic acids is 3. The molecule has 180 valence electrons. The SMILES string of the molecule is C=C(C)CC(=C1CCNC1=O)C1=C(C(=O)O)N2C(=O)[C@@H](NC(=O)CSc3ccccc3)[C@H]2SC1.[NaH]. The second kappa shape index (κ2) is 11.8. The number of amides is 3. The van der Waals surface area contributed by atoms with Gasteiger partial charge in [0, 0.05) is 22.8 Å². The second-order valence-electron chi connectivity index (χ2n) is 8.29. The van der Waals surface area contributed by atoms with E-state index in [0.717, 1.165) is 10.5 Å². The molecule has 1 aromatic carbocycles. The molecular weight excluding hydrogens is 497 g/mol. The van der Waals surface area contributed by atoms with Crippen LogP contribution in [-0.2, 0) is 19.2 Å². The number of hydrogen-bond acceptors (Lipinski definition) is 6. The van der Waals surface area contributed by atoms with Crippen molar-refractivity contribution in [2.45, 2.75) is 36.1 Å². The number of allylic oxidation sites excluding steroid dienone is 2. The Hall–Kier alpha value is -1.98. The van der Waals surface area contributed by atoms with Crippen molar-refractivity contribution in [3.05, 3.63) is 64.9 Å². The number of hydrogen-bond donors (Lipinski definition) is 3. The average Bonchev–Trinajstić information content (AvgIpc) is 3.24. The summed E-state index contributed by atoms with van der Waals surface area (Å²) in [5.74, 6) is -1.71. The fraction of sp³-hybridized carbons (Fsp3) is 0.333. The molecule has 0 aliphatic carbocycles. The monoisotopic (exact) mass is 523 g/mol. The van der Waals surface area contributed by atoms with Crippen molar-refractivity contribution in [3.8, 4) is 0 Å². The van der Waals surface area contributed by atoms with Gasteiger partial charge >= 0.3 is 35.5 Å². The first-order valence-electron chi connectivity index (χ1n) is 10.8. The van der Waals surface area contributed by atoms with E-state index in [-0.39, 0.29) is 52.8 Å². The third kappa shape index (κ3) is 5.89. The van der Waals surface area contributed by atoms with Gasteiger partial charge in [-0.2, -0.15) is 0 Å². The Morgan fingerprint density at radius 2 is 2.00 bits per heavy atom. The van der Waals surface area contributed by atoms with E-state index in [2.05, 4.69) is 17.2 Å². The first kappa shape index (κ1) is 27.6. The Morgan fingerprint density at radius 1 is 1.29 bits per heavy atom. The van der Waals surface area contributed by atoms with Crippen molar-refractivity contribution in [1.82, 2.24) is 15.5 Å². The first-order valence-corrected chi connectivity index (χ1v) is 12.8. The van der Waals surface area contributed by atoms with Crippen LogP contribution in [0, 0.1) is 0 Å². The summed E-state index contributed by atoms with van der Waals surface area (Å²) in [6.45, 7) is 6.25. The Kier molecular flexibility index (Phi) is 9.34. The number of nitrogens with zero attached hydrogens (tertiary/aromatic N) is 1. The molecule has 2 atom stereocenters. The Bertz CT molecular complexity index is 1140. The number of benzene rings is 1. The van der Waals surface area contributed by atoms with Gasteiger partial charge in [0.15, 0.2) is 0 Å². The molecule has 0 aromatic heterocycles. The second-order valence-corrected chi connectivity index (χ2v) is 10.4. The summed E-state index contributed by atoms with van der Waals surface area (Å²) < 4.78 is 0. The van der Waals surface area contributed by atoms with E-state index >= 15 is 0 Å². The summed E-state index contributed by atoms with van der Waals surface area (Å²) >= 11 is 2.76. The summed E-state index contributed by atoms with van der Waals surface area (Å²) in [5.41, 5.74) is 2.34. The molecule has 3 amide bonds. The predicted molar refractivity (Wildman–Crippen MR) is 138 cm³/mol. The molecule has 0 bridgehead atoms. The quantitative estimate of drug-likeness (QED) is 0.156. The van der Waals surface area contributed by atoms with E-state index in [1.165, 1.54) is 28.4 Å². The number of carboxylic acid groups (broad SMARTS) is 1. The van der Waals surface area contributed by atoms with Crippen LogP contribution in [0.1, 0.15) is 19.8 Å². The van der Waals surface area contributed by atoms with Crippen LogP contribution in [-0.4, -0.2) is 92.7 Å². The zero-order chi connectivity index (χ0) is 24.4. The summed E-state index contributed by atoms with van der Waals surface area (Å²) in [6, 6.07) is 8.69. The summed E-state index contributed by atoms with van der Waals surface area (Å²) in [6.07, 6.45) is 0.858. The van der Waals surface area contributed by atoms with Crippen LogP contribution in [0.25, 0.3) is 0 Å². The number of fused-ring (bicyclic) bond motifs is 1. The molecule has 2 saturated heterocycles. The van der Waals surface area contributed by atoms with E-state index in [9.17, 15) is 24.3 Å². The molecular formula is C24H26N3NaO5S2. The van der Waals surface area contributed by atoms with Gasteiger partial charge < -0.3 is 15.7 Å². The third-order valence-corrected chi connectivity index (χ3v) is 8.03. The van der Waals surface area contributed by atoms with Crippen LogP contribution in [0.2, 0.25) is 0 Å². The van der Waals surface area contributed by atoms with Gasteiger partial charge in [0.1, 0.15) is 17.1 Å². The molecule has 2 fully saturated rings. The van der Waals surface area contributed by atoms with E-state index < -0.39 is 23.3 Å². The fourth-order valence-electron chi connectivity index (χ4n) is 4.24. The predicted octanol–water partition coefficient (Wildman–Crippen LogP) is 1.65. The van der Waals surface area contributed by atoms with Crippen LogP contribution in [0.4, 0.5) is 0 Å². The molecule has 0 saturated carbocycles. The molecule has 0 spiro atoms. The molecule has 11 heteroatoms. The molecule has 1 aromatic rings. The van der Waals surface area contributed by atoms with Gasteiger partial charge in [-0.15, -0.1) is 23.5 Å². The van der Waals surface area contributed by atoms with Gasteiger partial charge in [-0.05, 0) is 43.0 Å². The van der Waals surface area contributed by atoms with Gasteiger partial charge in [0.25, 0.3) is 5.91 Å². The topological polar surface area (TPSA) is 116 Å². The van der Waals surface area contributed by atoms with Gasteiger partial charge in [-0.25, -0.2) is 4.79 Å². The molecule has 3 aliphatic rings. The Labute approximate surface area is 234 Å². The minimum absolute atomic E-state index is 0. The van der Waals surface area contributed by atoms with Crippen LogP contribution in [0.3, 0.4) is 0 Å². The van der Waals surface area contributed by atoms with E-state index in [1.54, 1.807) is 0 Å². The first-order chi connectivity index (χ1) is 16.3. The minimum atomic E-state index is -1.23. The van der Waals surface area contributed by atoms with Crippen molar-refractivity contribution in [2.24, 2.45) is 0 Å². The Balaban J connectivity index is 0.00000342. The average molecular weight is 524 g/mol. The zero-order valence-corrected chi connectivity index (χ0v) is 20.3. The van der Waals surface area contributed by atoms with Crippen molar-refractivity contribution in [2.75, 3.05) is 18.1 Å². The number of aliphatic carboxylic acids is 1. The van der Waals surface area contributed by atoms with Gasteiger partial charge in [-0.1, -0.05) is 30.4 Å². The summed E-state index contributed by atoms with van der Waals surface area (Å²) in [5, 5.41) is 15.0.